The van der Waals surface area contributed by atoms with Crippen LogP contribution in [0.3, 0.4) is 0 Å². The first-order valence-electron chi connectivity index (χ1n) is 3.21. The fraction of sp³-hybridized carbons (Fsp3) is 0.571. The molecule has 0 saturated carbocycles. The molecule has 0 amide bonds. The number of unbranched alkanes of at least 4 members (excludes halogenated alkanes) is 1. The van der Waals surface area contributed by atoms with Gasteiger partial charge in [-0.05, 0) is 0 Å². The molecule has 0 aromatic rings. The molecule has 0 unspecified atom stereocenters. The van der Waals surface area contributed by atoms with Crippen LogP contribution >= 0.6 is 0 Å². The minimum atomic E-state index is 0.858. The van der Waals surface area contributed by atoms with Gasteiger partial charge in [0.2, 0.25) is 0 Å². The van der Waals surface area contributed by atoms with Gasteiger partial charge < -0.3 is 0 Å². The van der Waals surface area contributed by atoms with Crippen LogP contribution in [-0.4, -0.2) is 20.1 Å². The summed E-state index contributed by atoms with van der Waals surface area (Å²) in [4.78, 5) is 0. The minimum absolute atomic E-state index is 0.858. The second-order valence-corrected chi connectivity index (χ2v) is 1.96. The molecule has 0 bridgehead atoms. The Hall–Kier alpha value is -0.525. The molecule has 0 atom stereocenters. The van der Waals surface area contributed by atoms with Crippen LogP contribution in [0.4, 0.5) is 0 Å². The Morgan fingerprint density at radius 3 is 2.89 bits per heavy atom. The van der Waals surface area contributed by atoms with E-state index < -0.39 is 0 Å². The predicted octanol–water partition coefficient (Wildman–Crippen LogP) is 0.860. The Labute approximate surface area is 58.2 Å². The van der Waals surface area contributed by atoms with Gasteiger partial charge in [-0.1, -0.05) is 0 Å². The van der Waals surface area contributed by atoms with Crippen molar-refractivity contribution in [1.29, 1.82) is 0 Å². The summed E-state index contributed by atoms with van der Waals surface area (Å²) in [5, 5.41) is 2.88. The Morgan fingerprint density at radius 2 is 2.44 bits per heavy atom. The van der Waals surface area contributed by atoms with Crippen LogP contribution < -0.4 is 5.32 Å². The van der Waals surface area contributed by atoms with Crippen molar-refractivity contribution in [3.63, 3.8) is 0 Å². The van der Waals surface area contributed by atoms with Gasteiger partial charge >= 0.3 is 57.4 Å². The molecule has 2 heteroatoms. The van der Waals surface area contributed by atoms with Crippen molar-refractivity contribution in [2.75, 3.05) is 7.05 Å². The summed E-state index contributed by atoms with van der Waals surface area (Å²) in [5.74, 6) is 0. The number of hydrogen-bond donors (Lipinski definition) is 1. The van der Waals surface area contributed by atoms with Gasteiger partial charge in [-0.3, -0.25) is 0 Å². The molecule has 0 aromatic carbocycles. The number of hydrogen-bond acceptors (Lipinski definition) is 1. The third-order valence-corrected chi connectivity index (χ3v) is 1.18. The standard InChI is InChI=1S/C7H13BN/c1-3-4-5-6-7(8)9-2/h3,9H,1,4-6H2,2H3. The molecule has 0 saturated heterocycles. The second kappa shape index (κ2) is 5.61. The Bertz CT molecular complexity index is 99.1. The molecule has 1 radical (unpaired) electrons. The molecule has 0 aliphatic rings. The normalized spacial score (nSPS) is 8.44. The first kappa shape index (κ1) is 8.47. The molecule has 0 rings (SSSR count). The molecule has 9 heavy (non-hydrogen) atoms. The zero-order chi connectivity index (χ0) is 7.11. The van der Waals surface area contributed by atoms with E-state index in [1.165, 1.54) is 0 Å². The van der Waals surface area contributed by atoms with E-state index in [0.29, 0.717) is 0 Å². The van der Waals surface area contributed by atoms with Crippen LogP contribution in [0.15, 0.2) is 12.7 Å². The zero-order valence-corrected chi connectivity index (χ0v) is 5.98. The third-order valence-electron chi connectivity index (χ3n) is 1.18. The summed E-state index contributed by atoms with van der Waals surface area (Å²) in [6.07, 6.45) is 4.99. The average Bonchev–Trinajstić information content (AvgIpc) is 1.89. The summed E-state index contributed by atoms with van der Waals surface area (Å²) in [5.41, 5.74) is 0.858. The summed E-state index contributed by atoms with van der Waals surface area (Å²) in [7, 11) is 7.32. The maximum atomic E-state index is 5.48. The quantitative estimate of drug-likeness (QED) is 0.324. The molecular formula is C7H13BN. The van der Waals surface area contributed by atoms with Crippen molar-refractivity contribution in [3.05, 3.63) is 12.7 Å². The van der Waals surface area contributed by atoms with Gasteiger partial charge in [0.1, 0.15) is 0 Å². The molecule has 0 fully saturated rings. The van der Waals surface area contributed by atoms with E-state index in [0.717, 1.165) is 24.8 Å². The number of rotatable bonds is 5. The summed E-state index contributed by atoms with van der Waals surface area (Å²) < 4.78 is 0. The Balaban J connectivity index is 3.06. The number of allylic oxidation sites excluding steroid dienone is 1. The van der Waals surface area contributed by atoms with Crippen LogP contribution in [0.25, 0.3) is 0 Å². The van der Waals surface area contributed by atoms with E-state index in [1.807, 2.05) is 13.1 Å². The number of nitrogens with one attached hydrogen (secondary N) is 1. The molecule has 0 spiro atoms. The molecule has 1 N–H and O–H groups in total. The Morgan fingerprint density at radius 1 is 1.78 bits per heavy atom. The van der Waals surface area contributed by atoms with Gasteiger partial charge in [0, 0.05) is 0 Å². The topological polar surface area (TPSA) is 12.0 Å². The zero-order valence-electron chi connectivity index (χ0n) is 5.98. The van der Waals surface area contributed by atoms with E-state index in [4.69, 9.17) is 7.49 Å². The van der Waals surface area contributed by atoms with Crippen LogP contribution in [0.5, 0.6) is 0 Å². The monoisotopic (exact) mass is 122 g/mol. The SMILES string of the molecule is [B]=C(CCCC=C)NC. The van der Waals surface area contributed by atoms with Crippen LogP contribution in [-0.2, 0) is 0 Å². The molecule has 0 heterocycles. The molecular weight excluding hydrogens is 109 g/mol. The first-order valence-corrected chi connectivity index (χ1v) is 3.21. The molecule has 0 aliphatic carbocycles. The van der Waals surface area contributed by atoms with Gasteiger partial charge in [-0.25, -0.2) is 0 Å². The molecule has 0 aliphatic heterocycles. The first-order chi connectivity index (χ1) is 4.31. The predicted molar refractivity (Wildman–Crippen MR) is 43.9 cm³/mol. The molecule has 49 valence electrons. The van der Waals surface area contributed by atoms with Gasteiger partial charge in [-0.2, -0.15) is 0 Å². The van der Waals surface area contributed by atoms with E-state index in [1.54, 1.807) is 0 Å². The Kier molecular flexibility index (Phi) is 5.28. The van der Waals surface area contributed by atoms with Gasteiger partial charge in [0.25, 0.3) is 0 Å². The summed E-state index contributed by atoms with van der Waals surface area (Å²) in [6, 6.07) is 0. The van der Waals surface area contributed by atoms with Crippen LogP contribution in [0.2, 0.25) is 0 Å². The van der Waals surface area contributed by atoms with E-state index in [9.17, 15) is 0 Å². The van der Waals surface area contributed by atoms with Crippen molar-refractivity contribution in [1.82, 2.24) is 5.32 Å². The second-order valence-electron chi connectivity index (χ2n) is 1.96. The molecule has 0 aromatic heterocycles. The van der Waals surface area contributed by atoms with Crippen molar-refractivity contribution in [2.24, 2.45) is 0 Å². The van der Waals surface area contributed by atoms with E-state index in [2.05, 4.69) is 11.9 Å². The summed E-state index contributed by atoms with van der Waals surface area (Å²) >= 11 is 0. The van der Waals surface area contributed by atoms with Gasteiger partial charge in [-0.15, -0.1) is 0 Å². The maximum absolute atomic E-state index is 5.48. The van der Waals surface area contributed by atoms with Crippen LogP contribution in [0.1, 0.15) is 19.3 Å². The van der Waals surface area contributed by atoms with Crippen molar-refractivity contribution in [3.8, 4) is 0 Å². The van der Waals surface area contributed by atoms with Crippen molar-refractivity contribution in [2.45, 2.75) is 19.3 Å². The molecule has 1 nitrogen and oxygen atoms in total. The third kappa shape index (κ3) is 5.34. The van der Waals surface area contributed by atoms with Crippen molar-refractivity contribution < 1.29 is 0 Å². The van der Waals surface area contributed by atoms with Gasteiger partial charge in [0.15, 0.2) is 0 Å². The van der Waals surface area contributed by atoms with E-state index >= 15 is 0 Å². The van der Waals surface area contributed by atoms with Gasteiger partial charge in [0.05, 0.1) is 0 Å². The summed E-state index contributed by atoms with van der Waals surface area (Å²) in [6.45, 7) is 3.61. The fourth-order valence-corrected chi connectivity index (χ4v) is 0.562. The van der Waals surface area contributed by atoms with Crippen LogP contribution in [0, 0.1) is 0 Å². The fourth-order valence-electron chi connectivity index (χ4n) is 0.562. The van der Waals surface area contributed by atoms with Crippen molar-refractivity contribution >= 4 is 13.1 Å². The average molecular weight is 122 g/mol. The van der Waals surface area contributed by atoms with E-state index in [-0.39, 0.29) is 0 Å².